The summed E-state index contributed by atoms with van der Waals surface area (Å²) >= 11 is 2.65. The molecule has 3 heterocycles. The van der Waals surface area contributed by atoms with Crippen molar-refractivity contribution in [3.8, 4) is 11.4 Å². The molecule has 11 nitrogen and oxygen atoms in total. The van der Waals surface area contributed by atoms with E-state index in [-0.39, 0.29) is 24.8 Å². The van der Waals surface area contributed by atoms with Crippen LogP contribution in [0.25, 0.3) is 5.69 Å². The van der Waals surface area contributed by atoms with Gasteiger partial charge >= 0.3 is 5.97 Å². The number of esters is 1. The first-order valence-corrected chi connectivity index (χ1v) is 15.3. The highest BCUT2D eigenvalue weighted by Crippen LogP contribution is 2.39. The minimum absolute atomic E-state index is 0.0510. The number of nitrogens with one attached hydrogen (secondary N) is 2. The second kappa shape index (κ2) is 13.3. The molecule has 4 aromatic rings. The van der Waals surface area contributed by atoms with Crippen LogP contribution in [-0.2, 0) is 28.9 Å². The average Bonchev–Trinajstić information content (AvgIpc) is 3.75. The fraction of sp³-hybridized carbons (Fsp3) is 0.345. The third-order valence-corrected chi connectivity index (χ3v) is 8.97. The van der Waals surface area contributed by atoms with E-state index in [1.807, 2.05) is 18.2 Å². The van der Waals surface area contributed by atoms with E-state index in [4.69, 9.17) is 13.9 Å². The molecular weight excluding hydrogens is 578 g/mol. The minimum Gasteiger partial charge on any atom is -0.495 e. The fourth-order valence-electron chi connectivity index (χ4n) is 4.70. The number of carbonyl (C=O) groups excluding carboxylic acids is 3. The molecule has 0 fully saturated rings. The van der Waals surface area contributed by atoms with Gasteiger partial charge in [0, 0.05) is 4.88 Å². The number of thioether (sulfide) groups is 1. The molecule has 13 heteroatoms. The molecule has 220 valence electrons. The first kappa shape index (κ1) is 29.4. The first-order chi connectivity index (χ1) is 20.4. The van der Waals surface area contributed by atoms with Crippen LogP contribution in [0.4, 0.5) is 5.00 Å². The Morgan fingerprint density at radius 3 is 2.71 bits per heavy atom. The molecule has 0 saturated heterocycles. The van der Waals surface area contributed by atoms with Gasteiger partial charge in [-0.25, -0.2) is 4.79 Å². The van der Waals surface area contributed by atoms with E-state index in [0.717, 1.165) is 36.1 Å². The van der Waals surface area contributed by atoms with E-state index in [2.05, 4.69) is 20.8 Å². The predicted molar refractivity (Wildman–Crippen MR) is 159 cm³/mol. The van der Waals surface area contributed by atoms with Crippen LogP contribution in [0.15, 0.2) is 52.2 Å². The summed E-state index contributed by atoms with van der Waals surface area (Å²) in [5.41, 5.74) is 2.10. The number of amides is 2. The second-order valence-electron chi connectivity index (χ2n) is 9.45. The quantitative estimate of drug-likeness (QED) is 0.177. The van der Waals surface area contributed by atoms with Crippen molar-refractivity contribution in [1.29, 1.82) is 0 Å². The normalized spacial score (nSPS) is 13.2. The van der Waals surface area contributed by atoms with Crippen molar-refractivity contribution < 1.29 is 28.3 Å². The van der Waals surface area contributed by atoms with Gasteiger partial charge in [-0.05, 0) is 69.4 Å². The zero-order valence-electron chi connectivity index (χ0n) is 23.5. The molecular formula is C29H31N5O6S2. The summed E-state index contributed by atoms with van der Waals surface area (Å²) < 4.78 is 17.8. The molecule has 0 aliphatic heterocycles. The topological polar surface area (TPSA) is 138 Å². The summed E-state index contributed by atoms with van der Waals surface area (Å²) in [7, 11) is 1.56. The summed E-state index contributed by atoms with van der Waals surface area (Å²) in [4.78, 5) is 39.9. The Labute approximate surface area is 251 Å². The fourth-order valence-corrected chi connectivity index (χ4v) is 6.86. The van der Waals surface area contributed by atoms with E-state index < -0.39 is 17.1 Å². The van der Waals surface area contributed by atoms with Gasteiger partial charge in [-0.1, -0.05) is 23.9 Å². The number of furan rings is 1. The molecule has 2 N–H and O–H groups in total. The lowest BCUT2D eigenvalue weighted by atomic mass is 9.95. The molecule has 2 amide bonds. The number of carbonyl (C=O) groups is 3. The number of para-hydroxylation sites is 2. The third-order valence-electron chi connectivity index (χ3n) is 6.72. The van der Waals surface area contributed by atoms with E-state index in [1.165, 1.54) is 29.4 Å². The molecule has 0 bridgehead atoms. The van der Waals surface area contributed by atoms with Crippen LogP contribution in [0.5, 0.6) is 5.75 Å². The van der Waals surface area contributed by atoms with Gasteiger partial charge < -0.3 is 24.5 Å². The van der Waals surface area contributed by atoms with Gasteiger partial charge in [0.1, 0.15) is 10.8 Å². The zero-order valence-corrected chi connectivity index (χ0v) is 25.1. The second-order valence-corrected chi connectivity index (χ2v) is 11.9. The van der Waals surface area contributed by atoms with Gasteiger partial charge in [0.15, 0.2) is 16.7 Å². The molecule has 3 aromatic heterocycles. The van der Waals surface area contributed by atoms with E-state index in [1.54, 1.807) is 43.7 Å². The highest BCUT2D eigenvalue weighted by atomic mass is 32.2. The monoisotopic (exact) mass is 609 g/mol. The first-order valence-electron chi connectivity index (χ1n) is 13.6. The maximum Gasteiger partial charge on any atom is 0.341 e. The Morgan fingerprint density at radius 2 is 1.95 bits per heavy atom. The summed E-state index contributed by atoms with van der Waals surface area (Å²) in [5, 5.41) is 14.8. The third kappa shape index (κ3) is 6.21. The van der Waals surface area contributed by atoms with Crippen LogP contribution in [0.3, 0.4) is 0 Å². The van der Waals surface area contributed by atoms with Gasteiger partial charge in [-0.15, -0.1) is 21.5 Å². The lowest BCUT2D eigenvalue weighted by Crippen LogP contribution is -2.25. The number of hydrogen-bond donors (Lipinski definition) is 2. The zero-order chi connectivity index (χ0) is 29.6. The molecule has 1 aliphatic rings. The summed E-state index contributed by atoms with van der Waals surface area (Å²) in [6.45, 7) is 3.83. The van der Waals surface area contributed by atoms with Crippen LogP contribution < -0.4 is 15.4 Å². The molecule has 42 heavy (non-hydrogen) atoms. The van der Waals surface area contributed by atoms with Gasteiger partial charge in [0.05, 0.1) is 43.0 Å². The SMILES string of the molecule is CCOC(=O)c1c(NC(=O)[C@H](C)Sc2nnc(CNC(=O)c3ccco3)n2-c2ccccc2OC)sc2c1CCCC2. The van der Waals surface area contributed by atoms with E-state index in [9.17, 15) is 14.4 Å². The van der Waals surface area contributed by atoms with Crippen LogP contribution in [-0.4, -0.2) is 51.5 Å². The van der Waals surface area contributed by atoms with Crippen LogP contribution in [0.1, 0.15) is 63.9 Å². The summed E-state index contributed by atoms with van der Waals surface area (Å²) in [6.07, 6.45) is 5.15. The number of thiophene rings is 1. The number of aromatic nitrogens is 3. The maximum absolute atomic E-state index is 13.5. The van der Waals surface area contributed by atoms with Crippen molar-refractivity contribution in [2.45, 2.75) is 56.5 Å². The molecule has 1 atom stereocenters. The van der Waals surface area contributed by atoms with Crippen LogP contribution in [0.2, 0.25) is 0 Å². The molecule has 5 rings (SSSR count). The molecule has 0 spiro atoms. The summed E-state index contributed by atoms with van der Waals surface area (Å²) in [6, 6.07) is 10.5. The van der Waals surface area contributed by atoms with Gasteiger partial charge in [0.25, 0.3) is 5.91 Å². The maximum atomic E-state index is 13.5. The number of nitrogens with zero attached hydrogens (tertiary/aromatic N) is 3. The Balaban J connectivity index is 1.39. The highest BCUT2D eigenvalue weighted by molar-refractivity contribution is 8.00. The standard InChI is InChI=1S/C29H31N5O6S2/c1-4-39-28(37)24-18-10-5-8-14-22(18)42-27(24)31-25(35)17(2)41-29-33-32-23(16-30-26(36)21-13-9-15-40-21)34(29)19-11-6-7-12-20(19)38-3/h6-7,9,11-13,15,17H,4-5,8,10,14,16H2,1-3H3,(H,30,36)(H,31,35)/t17-/m0/s1. The van der Waals surface area contributed by atoms with Crippen molar-refractivity contribution in [2.75, 3.05) is 19.0 Å². The Morgan fingerprint density at radius 1 is 1.14 bits per heavy atom. The van der Waals surface area contributed by atoms with E-state index >= 15 is 0 Å². The van der Waals surface area contributed by atoms with Crippen LogP contribution in [0, 0.1) is 0 Å². The Kier molecular flexibility index (Phi) is 9.28. The number of hydrogen-bond acceptors (Lipinski definition) is 10. The largest absolute Gasteiger partial charge is 0.495 e. The van der Waals surface area contributed by atoms with Gasteiger partial charge in [-0.2, -0.15) is 0 Å². The number of aryl methyl sites for hydroxylation is 1. The van der Waals surface area contributed by atoms with Crippen LogP contribution >= 0.6 is 23.1 Å². The Bertz CT molecular complexity index is 1580. The number of methoxy groups -OCH3 is 1. The van der Waals surface area contributed by atoms with E-state index in [0.29, 0.717) is 33.0 Å². The van der Waals surface area contributed by atoms with Crippen molar-refractivity contribution in [1.82, 2.24) is 20.1 Å². The molecule has 1 aliphatic carbocycles. The number of ether oxygens (including phenoxy) is 2. The molecule has 0 radical (unpaired) electrons. The number of anilines is 1. The predicted octanol–water partition coefficient (Wildman–Crippen LogP) is 5.04. The minimum atomic E-state index is -0.609. The number of benzene rings is 1. The smallest absolute Gasteiger partial charge is 0.341 e. The van der Waals surface area contributed by atoms with Crippen molar-refractivity contribution in [3.63, 3.8) is 0 Å². The number of rotatable bonds is 11. The lowest BCUT2D eigenvalue weighted by molar-refractivity contribution is -0.115. The Hall–Kier alpha value is -4.10. The molecule has 0 saturated carbocycles. The molecule has 0 unspecified atom stereocenters. The number of fused-ring (bicyclic) bond motifs is 1. The van der Waals surface area contributed by atoms with Crippen molar-refractivity contribution in [3.05, 3.63) is 70.3 Å². The summed E-state index contributed by atoms with van der Waals surface area (Å²) in [5.74, 6) is 0.0856. The highest BCUT2D eigenvalue weighted by Gasteiger charge is 2.29. The van der Waals surface area contributed by atoms with Crippen molar-refractivity contribution in [2.24, 2.45) is 0 Å². The van der Waals surface area contributed by atoms with Gasteiger partial charge in [0.2, 0.25) is 5.91 Å². The molecule has 1 aromatic carbocycles. The lowest BCUT2D eigenvalue weighted by Gasteiger charge is -2.16. The average molecular weight is 610 g/mol. The van der Waals surface area contributed by atoms with Crippen molar-refractivity contribution >= 4 is 45.9 Å². The van der Waals surface area contributed by atoms with Gasteiger partial charge in [-0.3, -0.25) is 14.2 Å².